The van der Waals surface area contributed by atoms with Crippen LogP contribution in [-0.4, -0.2) is 15.7 Å². The summed E-state index contributed by atoms with van der Waals surface area (Å²) in [7, 11) is 0. The van der Waals surface area contributed by atoms with Crippen LogP contribution in [0.1, 0.15) is 5.56 Å². The monoisotopic (exact) mass is 305 g/mol. The van der Waals surface area contributed by atoms with Crippen molar-refractivity contribution in [3.63, 3.8) is 0 Å². The minimum absolute atomic E-state index is 0. The third-order valence-electron chi connectivity index (χ3n) is 2.47. The van der Waals surface area contributed by atoms with E-state index in [0.717, 1.165) is 16.8 Å². The first kappa shape index (κ1) is 15.8. The van der Waals surface area contributed by atoms with Crippen LogP contribution in [0.25, 0.3) is 11.3 Å². The quantitative estimate of drug-likeness (QED) is 0.557. The SMILES string of the molecule is Cl.N=C(N)n1nc(-c2ccc(C(F)(F)F)cc2)cc1N. The number of nitrogens with one attached hydrogen (secondary N) is 1. The third-order valence-corrected chi connectivity index (χ3v) is 2.47. The van der Waals surface area contributed by atoms with Crippen molar-refractivity contribution in [3.8, 4) is 11.3 Å². The van der Waals surface area contributed by atoms with Gasteiger partial charge < -0.3 is 11.5 Å². The lowest BCUT2D eigenvalue weighted by Gasteiger charge is -2.06. The number of nitrogens with two attached hydrogens (primary N) is 2. The number of halogens is 4. The molecule has 2 aromatic rings. The van der Waals surface area contributed by atoms with Crippen molar-refractivity contribution in [1.29, 1.82) is 5.41 Å². The number of nitrogen functional groups attached to an aromatic ring is 2. The maximum absolute atomic E-state index is 12.4. The van der Waals surface area contributed by atoms with E-state index in [1.54, 1.807) is 0 Å². The summed E-state index contributed by atoms with van der Waals surface area (Å²) in [6.07, 6.45) is -4.38. The Hall–Kier alpha value is -2.22. The summed E-state index contributed by atoms with van der Waals surface area (Å²) in [6, 6.07) is 5.92. The van der Waals surface area contributed by atoms with Gasteiger partial charge >= 0.3 is 6.18 Å². The maximum atomic E-state index is 12.4. The smallest absolute Gasteiger partial charge is 0.383 e. The van der Waals surface area contributed by atoms with E-state index in [0.29, 0.717) is 11.3 Å². The third kappa shape index (κ3) is 3.02. The zero-order valence-electron chi connectivity index (χ0n) is 9.98. The summed E-state index contributed by atoms with van der Waals surface area (Å²) < 4.78 is 38.2. The minimum atomic E-state index is -4.38. The zero-order chi connectivity index (χ0) is 14.2. The molecule has 1 aromatic carbocycles. The number of anilines is 1. The van der Waals surface area contributed by atoms with Crippen LogP contribution in [0.5, 0.6) is 0 Å². The van der Waals surface area contributed by atoms with Crippen molar-refractivity contribution in [1.82, 2.24) is 9.78 Å². The molecule has 108 valence electrons. The van der Waals surface area contributed by atoms with Gasteiger partial charge in [-0.1, -0.05) is 12.1 Å². The Labute approximate surface area is 118 Å². The zero-order valence-corrected chi connectivity index (χ0v) is 10.8. The average Bonchev–Trinajstić information content (AvgIpc) is 2.70. The fourth-order valence-electron chi connectivity index (χ4n) is 1.56. The number of rotatable bonds is 1. The molecule has 0 atom stereocenters. The van der Waals surface area contributed by atoms with Gasteiger partial charge in [-0.25, -0.2) is 0 Å². The van der Waals surface area contributed by atoms with E-state index in [9.17, 15) is 13.2 Å². The fraction of sp³-hybridized carbons (Fsp3) is 0.0909. The highest BCUT2D eigenvalue weighted by Gasteiger charge is 2.30. The summed E-state index contributed by atoms with van der Waals surface area (Å²) in [5.41, 5.74) is 10.9. The van der Waals surface area contributed by atoms with Gasteiger partial charge in [-0.3, -0.25) is 5.41 Å². The van der Waals surface area contributed by atoms with E-state index >= 15 is 0 Å². The summed E-state index contributed by atoms with van der Waals surface area (Å²) in [5.74, 6) is -0.224. The highest BCUT2D eigenvalue weighted by Crippen LogP contribution is 2.30. The molecule has 0 aliphatic rings. The number of aromatic nitrogens is 2. The summed E-state index contributed by atoms with van der Waals surface area (Å²) in [6.45, 7) is 0. The van der Waals surface area contributed by atoms with E-state index in [-0.39, 0.29) is 24.2 Å². The molecule has 0 unspecified atom stereocenters. The average molecular weight is 306 g/mol. The molecule has 9 heteroatoms. The highest BCUT2D eigenvalue weighted by molar-refractivity contribution is 5.85. The standard InChI is InChI=1S/C11H10F3N5.ClH/c12-11(13,14)7-3-1-6(2-4-7)8-5-9(15)19(18-8)10(16)17;/h1-5H,15H2,(H3,16,17);1H. The summed E-state index contributed by atoms with van der Waals surface area (Å²) in [4.78, 5) is 0. The van der Waals surface area contributed by atoms with Crippen LogP contribution < -0.4 is 11.5 Å². The van der Waals surface area contributed by atoms with Gasteiger partial charge in [-0.05, 0) is 12.1 Å². The molecular weight excluding hydrogens is 295 g/mol. The van der Waals surface area contributed by atoms with Gasteiger partial charge in [-0.2, -0.15) is 23.0 Å². The van der Waals surface area contributed by atoms with E-state index in [1.165, 1.54) is 18.2 Å². The molecule has 0 aliphatic carbocycles. The number of benzene rings is 1. The Balaban J connectivity index is 0.00000200. The number of nitrogens with zero attached hydrogens (tertiary/aromatic N) is 2. The normalized spacial score (nSPS) is 10.9. The van der Waals surface area contributed by atoms with Gasteiger partial charge in [0.2, 0.25) is 5.96 Å². The molecule has 0 aliphatic heterocycles. The Morgan fingerprint density at radius 2 is 1.75 bits per heavy atom. The van der Waals surface area contributed by atoms with Crippen molar-refractivity contribution >= 4 is 24.2 Å². The van der Waals surface area contributed by atoms with Crippen LogP contribution in [0.15, 0.2) is 30.3 Å². The van der Waals surface area contributed by atoms with E-state index in [2.05, 4.69) is 5.10 Å². The number of alkyl halides is 3. The summed E-state index contributed by atoms with van der Waals surface area (Å²) in [5, 5.41) is 11.1. The lowest BCUT2D eigenvalue weighted by atomic mass is 10.1. The Kier molecular flexibility index (Phi) is 4.29. The van der Waals surface area contributed by atoms with Crippen LogP contribution in [0.4, 0.5) is 19.0 Å². The van der Waals surface area contributed by atoms with Crippen LogP contribution in [0.2, 0.25) is 0 Å². The minimum Gasteiger partial charge on any atom is -0.383 e. The molecule has 1 aromatic heterocycles. The highest BCUT2D eigenvalue weighted by atomic mass is 35.5. The molecule has 2 rings (SSSR count). The predicted octanol–water partition coefficient (Wildman–Crippen LogP) is 2.31. The van der Waals surface area contributed by atoms with Crippen molar-refractivity contribution in [2.75, 3.05) is 5.73 Å². The van der Waals surface area contributed by atoms with Gasteiger partial charge in [0.05, 0.1) is 11.3 Å². The molecule has 0 radical (unpaired) electrons. The Morgan fingerprint density at radius 3 is 2.15 bits per heavy atom. The molecular formula is C11H11ClF3N5. The molecule has 0 amide bonds. The Bertz CT molecular complexity index is 618. The van der Waals surface area contributed by atoms with Crippen molar-refractivity contribution < 1.29 is 13.2 Å². The fourth-order valence-corrected chi connectivity index (χ4v) is 1.56. The molecule has 5 nitrogen and oxygen atoms in total. The molecule has 20 heavy (non-hydrogen) atoms. The molecule has 5 N–H and O–H groups in total. The van der Waals surface area contributed by atoms with E-state index < -0.39 is 11.7 Å². The molecule has 0 saturated carbocycles. The van der Waals surface area contributed by atoms with Gasteiger partial charge in [0.15, 0.2) is 0 Å². The predicted molar refractivity (Wildman–Crippen MR) is 71.6 cm³/mol. The molecule has 0 saturated heterocycles. The van der Waals surface area contributed by atoms with Crippen LogP contribution in [-0.2, 0) is 6.18 Å². The number of hydrogen-bond acceptors (Lipinski definition) is 3. The van der Waals surface area contributed by atoms with Gasteiger partial charge in [-0.15, -0.1) is 12.4 Å². The molecule has 0 fully saturated rings. The second kappa shape index (κ2) is 5.41. The topological polar surface area (TPSA) is 93.7 Å². The van der Waals surface area contributed by atoms with Crippen LogP contribution in [0.3, 0.4) is 0 Å². The lowest BCUT2D eigenvalue weighted by molar-refractivity contribution is -0.137. The first-order chi connectivity index (χ1) is 8.79. The number of hydrogen-bond donors (Lipinski definition) is 3. The van der Waals surface area contributed by atoms with Gasteiger partial charge in [0.25, 0.3) is 0 Å². The lowest BCUT2D eigenvalue weighted by Crippen LogP contribution is -2.23. The molecule has 0 bridgehead atoms. The van der Waals surface area contributed by atoms with Crippen molar-refractivity contribution in [2.45, 2.75) is 6.18 Å². The van der Waals surface area contributed by atoms with E-state index in [1.807, 2.05) is 0 Å². The second-order valence-electron chi connectivity index (χ2n) is 3.83. The van der Waals surface area contributed by atoms with E-state index in [4.69, 9.17) is 16.9 Å². The molecule has 0 spiro atoms. The van der Waals surface area contributed by atoms with Crippen LogP contribution in [0, 0.1) is 5.41 Å². The maximum Gasteiger partial charge on any atom is 0.416 e. The second-order valence-corrected chi connectivity index (χ2v) is 3.83. The first-order valence-electron chi connectivity index (χ1n) is 5.16. The summed E-state index contributed by atoms with van der Waals surface area (Å²) >= 11 is 0. The molecule has 1 heterocycles. The van der Waals surface area contributed by atoms with Gasteiger partial charge in [0.1, 0.15) is 5.82 Å². The van der Waals surface area contributed by atoms with Crippen molar-refractivity contribution in [3.05, 3.63) is 35.9 Å². The van der Waals surface area contributed by atoms with Crippen LogP contribution >= 0.6 is 12.4 Å². The first-order valence-corrected chi connectivity index (χ1v) is 5.16. The van der Waals surface area contributed by atoms with Crippen molar-refractivity contribution in [2.24, 2.45) is 5.73 Å². The largest absolute Gasteiger partial charge is 0.416 e. The van der Waals surface area contributed by atoms with Gasteiger partial charge in [0, 0.05) is 11.6 Å². The Morgan fingerprint density at radius 1 is 1.20 bits per heavy atom.